The van der Waals surface area contributed by atoms with E-state index in [-0.39, 0.29) is 18.3 Å². The predicted octanol–water partition coefficient (Wildman–Crippen LogP) is 1.95. The first-order chi connectivity index (χ1) is 9.19. The molecule has 0 fully saturated rings. The van der Waals surface area contributed by atoms with Gasteiger partial charge in [-0.05, 0) is 31.0 Å². The van der Waals surface area contributed by atoms with Crippen LogP contribution in [-0.4, -0.2) is 26.5 Å². The van der Waals surface area contributed by atoms with Gasteiger partial charge < -0.3 is 9.67 Å². The lowest BCUT2D eigenvalue weighted by Gasteiger charge is -2.22. The first kappa shape index (κ1) is 12.3. The average Bonchev–Trinajstić information content (AvgIpc) is 2.81. The van der Waals surface area contributed by atoms with Gasteiger partial charge in [-0.25, -0.2) is 4.39 Å². The van der Waals surface area contributed by atoms with E-state index in [1.165, 1.54) is 6.07 Å². The molecule has 1 aromatic heterocycles. The molecule has 0 aliphatic carbocycles. The molecule has 0 bridgehead atoms. The molecule has 0 spiro atoms. The second-order valence-electron chi connectivity index (χ2n) is 5.12. The lowest BCUT2D eigenvalue weighted by molar-refractivity contribution is 0.191. The van der Waals surface area contributed by atoms with Gasteiger partial charge in [-0.3, -0.25) is 0 Å². The quantitative estimate of drug-likeness (QED) is 0.899. The third-order valence-electron chi connectivity index (χ3n) is 3.67. The molecule has 1 N–H and O–H groups in total. The van der Waals surface area contributed by atoms with Gasteiger partial charge in [-0.1, -0.05) is 6.07 Å². The lowest BCUT2D eigenvalue weighted by Crippen LogP contribution is -2.23. The van der Waals surface area contributed by atoms with E-state index in [2.05, 4.69) is 10.2 Å². The molecule has 0 amide bonds. The maximum absolute atomic E-state index is 14.0. The first-order valence-electron chi connectivity index (χ1n) is 6.48. The van der Waals surface area contributed by atoms with Crippen LogP contribution in [0, 0.1) is 18.7 Å². The second-order valence-corrected chi connectivity index (χ2v) is 5.12. The molecule has 0 saturated heterocycles. The van der Waals surface area contributed by atoms with Crippen molar-refractivity contribution in [2.75, 3.05) is 6.61 Å². The molecule has 1 aliphatic rings. The van der Waals surface area contributed by atoms with Crippen LogP contribution in [0.15, 0.2) is 18.2 Å². The Hall–Kier alpha value is -1.75. The Kier molecular flexibility index (Phi) is 3.06. The number of aromatic nitrogens is 3. The zero-order valence-corrected chi connectivity index (χ0v) is 10.8. The SMILES string of the molecule is Cc1ccc(-c2nnc3n2CC(CO)CC3)c(F)c1. The van der Waals surface area contributed by atoms with Crippen molar-refractivity contribution in [1.82, 2.24) is 14.8 Å². The number of aliphatic hydroxyl groups is 1. The molecule has 1 aromatic carbocycles. The van der Waals surface area contributed by atoms with Gasteiger partial charge in [0.1, 0.15) is 11.6 Å². The van der Waals surface area contributed by atoms with E-state index < -0.39 is 0 Å². The molecular weight excluding hydrogens is 245 g/mol. The number of benzene rings is 1. The fourth-order valence-corrected chi connectivity index (χ4v) is 2.54. The Morgan fingerprint density at radius 1 is 1.42 bits per heavy atom. The molecule has 0 saturated carbocycles. The summed E-state index contributed by atoms with van der Waals surface area (Å²) < 4.78 is 16.0. The van der Waals surface area contributed by atoms with Crippen LogP contribution in [-0.2, 0) is 13.0 Å². The van der Waals surface area contributed by atoms with Gasteiger partial charge in [-0.15, -0.1) is 10.2 Å². The van der Waals surface area contributed by atoms with Crippen LogP contribution in [0.5, 0.6) is 0 Å². The van der Waals surface area contributed by atoms with Gasteiger partial charge in [0.2, 0.25) is 0 Å². The van der Waals surface area contributed by atoms with Crippen molar-refractivity contribution >= 4 is 0 Å². The topological polar surface area (TPSA) is 50.9 Å². The molecule has 1 unspecified atom stereocenters. The summed E-state index contributed by atoms with van der Waals surface area (Å²) in [6, 6.07) is 5.11. The van der Waals surface area contributed by atoms with Gasteiger partial charge in [0.05, 0.1) is 5.56 Å². The number of hydrogen-bond acceptors (Lipinski definition) is 3. The molecule has 5 heteroatoms. The minimum Gasteiger partial charge on any atom is -0.396 e. The highest BCUT2D eigenvalue weighted by Crippen LogP contribution is 2.27. The molecule has 100 valence electrons. The monoisotopic (exact) mass is 261 g/mol. The van der Waals surface area contributed by atoms with Crippen molar-refractivity contribution in [3.8, 4) is 11.4 Å². The van der Waals surface area contributed by atoms with E-state index in [1.807, 2.05) is 17.6 Å². The number of rotatable bonds is 2. The Labute approximate surface area is 110 Å². The number of fused-ring (bicyclic) bond motifs is 1. The van der Waals surface area contributed by atoms with E-state index in [9.17, 15) is 9.50 Å². The van der Waals surface area contributed by atoms with Crippen LogP contribution in [0.1, 0.15) is 17.8 Å². The van der Waals surface area contributed by atoms with Gasteiger partial charge in [0.15, 0.2) is 5.82 Å². The number of aryl methyl sites for hydroxylation is 2. The van der Waals surface area contributed by atoms with Gasteiger partial charge in [-0.2, -0.15) is 0 Å². The maximum Gasteiger partial charge on any atom is 0.166 e. The van der Waals surface area contributed by atoms with E-state index in [0.29, 0.717) is 17.9 Å². The van der Waals surface area contributed by atoms with Gasteiger partial charge >= 0.3 is 0 Å². The van der Waals surface area contributed by atoms with E-state index >= 15 is 0 Å². The number of aliphatic hydroxyl groups excluding tert-OH is 1. The molecular formula is C14H16FN3O. The third kappa shape index (κ3) is 2.14. The van der Waals surface area contributed by atoms with Crippen LogP contribution in [0.4, 0.5) is 4.39 Å². The molecule has 2 aromatic rings. The van der Waals surface area contributed by atoms with E-state index in [1.54, 1.807) is 6.07 Å². The Morgan fingerprint density at radius 2 is 2.26 bits per heavy atom. The Bertz CT molecular complexity index is 609. The van der Waals surface area contributed by atoms with Gasteiger partial charge in [0, 0.05) is 25.5 Å². The molecule has 3 rings (SSSR count). The summed E-state index contributed by atoms with van der Waals surface area (Å²) >= 11 is 0. The highest BCUT2D eigenvalue weighted by atomic mass is 19.1. The van der Waals surface area contributed by atoms with Crippen molar-refractivity contribution in [3.63, 3.8) is 0 Å². The summed E-state index contributed by atoms with van der Waals surface area (Å²) in [6.45, 7) is 2.66. The first-order valence-corrected chi connectivity index (χ1v) is 6.48. The van der Waals surface area contributed by atoms with Gasteiger partial charge in [0.25, 0.3) is 0 Å². The number of nitrogens with zero attached hydrogens (tertiary/aromatic N) is 3. The van der Waals surface area contributed by atoms with Crippen LogP contribution in [0.3, 0.4) is 0 Å². The molecule has 1 atom stereocenters. The summed E-state index contributed by atoms with van der Waals surface area (Å²) in [5.74, 6) is 1.36. The van der Waals surface area contributed by atoms with E-state index in [0.717, 1.165) is 24.2 Å². The maximum atomic E-state index is 14.0. The molecule has 0 radical (unpaired) electrons. The summed E-state index contributed by atoms with van der Waals surface area (Å²) in [5.41, 5.74) is 1.36. The highest BCUT2D eigenvalue weighted by molar-refractivity contribution is 5.57. The minimum atomic E-state index is -0.277. The largest absolute Gasteiger partial charge is 0.396 e. The molecule has 4 nitrogen and oxygen atoms in total. The normalized spacial score (nSPS) is 18.4. The smallest absolute Gasteiger partial charge is 0.166 e. The van der Waals surface area contributed by atoms with Crippen LogP contribution < -0.4 is 0 Å². The van der Waals surface area contributed by atoms with Crippen molar-refractivity contribution in [3.05, 3.63) is 35.4 Å². The van der Waals surface area contributed by atoms with Crippen molar-refractivity contribution in [1.29, 1.82) is 0 Å². The van der Waals surface area contributed by atoms with Crippen molar-refractivity contribution in [2.24, 2.45) is 5.92 Å². The number of halogens is 1. The molecule has 19 heavy (non-hydrogen) atoms. The fraction of sp³-hybridized carbons (Fsp3) is 0.429. The summed E-state index contributed by atoms with van der Waals surface area (Å²) in [4.78, 5) is 0. The van der Waals surface area contributed by atoms with Crippen molar-refractivity contribution < 1.29 is 9.50 Å². The van der Waals surface area contributed by atoms with Crippen molar-refractivity contribution in [2.45, 2.75) is 26.3 Å². The zero-order chi connectivity index (χ0) is 13.4. The summed E-state index contributed by atoms with van der Waals surface area (Å²) in [7, 11) is 0. The Morgan fingerprint density at radius 3 is 3.00 bits per heavy atom. The molecule has 2 heterocycles. The van der Waals surface area contributed by atoms with E-state index in [4.69, 9.17) is 0 Å². The summed E-state index contributed by atoms with van der Waals surface area (Å²) in [6.07, 6.45) is 1.69. The lowest BCUT2D eigenvalue weighted by atomic mass is 10.00. The predicted molar refractivity (Wildman–Crippen MR) is 69.0 cm³/mol. The average molecular weight is 261 g/mol. The fourth-order valence-electron chi connectivity index (χ4n) is 2.54. The highest BCUT2D eigenvalue weighted by Gasteiger charge is 2.24. The zero-order valence-electron chi connectivity index (χ0n) is 10.8. The van der Waals surface area contributed by atoms with Crippen LogP contribution in [0.2, 0.25) is 0 Å². The minimum absolute atomic E-state index is 0.146. The molecule has 1 aliphatic heterocycles. The third-order valence-corrected chi connectivity index (χ3v) is 3.67. The second kappa shape index (κ2) is 4.74. The summed E-state index contributed by atoms with van der Waals surface area (Å²) in [5, 5.41) is 17.5. The standard InChI is InChI=1S/C14H16FN3O/c1-9-2-4-11(12(15)6-9)14-17-16-13-5-3-10(8-19)7-18(13)14/h2,4,6,10,19H,3,5,7-8H2,1H3. The Balaban J connectivity index is 2.05. The van der Waals surface area contributed by atoms with Crippen LogP contribution in [0.25, 0.3) is 11.4 Å². The van der Waals surface area contributed by atoms with Crippen LogP contribution >= 0.6 is 0 Å². The number of hydrogen-bond donors (Lipinski definition) is 1.